The van der Waals surface area contributed by atoms with Crippen LogP contribution in [0.15, 0.2) is 48.8 Å². The quantitative estimate of drug-likeness (QED) is 0.806. The molecule has 1 unspecified atom stereocenters. The van der Waals surface area contributed by atoms with Crippen LogP contribution in [0, 0.1) is 0 Å². The molecule has 0 aliphatic rings. The summed E-state index contributed by atoms with van der Waals surface area (Å²) in [7, 11) is 1.57. The highest BCUT2D eigenvalue weighted by atomic mass is 16.5. The van der Waals surface area contributed by atoms with Crippen molar-refractivity contribution in [2.75, 3.05) is 13.6 Å². The summed E-state index contributed by atoms with van der Waals surface area (Å²) in [6.07, 6.45) is 3.22. The molecule has 1 aromatic heterocycles. The number of carboxylic acids is 1. The van der Waals surface area contributed by atoms with E-state index in [9.17, 15) is 9.59 Å². The molecule has 1 heterocycles. The summed E-state index contributed by atoms with van der Waals surface area (Å²) in [6, 6.07) is 10.5. The Kier molecular flexibility index (Phi) is 6.33. The molecule has 1 atom stereocenters. The first-order valence-corrected chi connectivity index (χ1v) is 7.87. The molecule has 0 radical (unpaired) electrons. The van der Waals surface area contributed by atoms with Crippen molar-refractivity contribution in [1.29, 1.82) is 0 Å². The number of ether oxygens (including phenoxy) is 1. The van der Waals surface area contributed by atoms with Gasteiger partial charge in [0.2, 0.25) is 0 Å². The Morgan fingerprint density at radius 2 is 1.96 bits per heavy atom. The standard InChI is InChI=1S/C18H21N3O4/c1-13(20-18(24)21(2)11-9-17(22)23)14-5-7-15(8-6-14)25-16-4-3-10-19-12-16/h3-8,10,12-13H,9,11H2,1-2H3,(H,20,24)(H,22,23). The van der Waals surface area contributed by atoms with Crippen molar-refractivity contribution in [3.8, 4) is 11.5 Å². The average Bonchev–Trinajstić information content (AvgIpc) is 2.61. The molecule has 0 bridgehead atoms. The second-order valence-electron chi connectivity index (χ2n) is 5.60. The highest BCUT2D eigenvalue weighted by Gasteiger charge is 2.14. The van der Waals surface area contributed by atoms with Crippen LogP contribution in [0.25, 0.3) is 0 Å². The number of urea groups is 1. The first-order chi connectivity index (χ1) is 12.0. The van der Waals surface area contributed by atoms with E-state index in [0.717, 1.165) is 5.56 Å². The number of pyridine rings is 1. The first-order valence-electron chi connectivity index (χ1n) is 7.87. The van der Waals surface area contributed by atoms with Crippen molar-refractivity contribution in [1.82, 2.24) is 15.2 Å². The fraction of sp³-hybridized carbons (Fsp3) is 0.278. The Hall–Kier alpha value is -3.09. The van der Waals surface area contributed by atoms with Crippen LogP contribution in [0.5, 0.6) is 11.5 Å². The molecule has 0 spiro atoms. The average molecular weight is 343 g/mol. The number of hydrogen-bond acceptors (Lipinski definition) is 4. The van der Waals surface area contributed by atoms with E-state index in [0.29, 0.717) is 11.5 Å². The number of benzene rings is 1. The maximum Gasteiger partial charge on any atom is 0.317 e. The minimum atomic E-state index is -0.933. The minimum absolute atomic E-state index is 0.0846. The van der Waals surface area contributed by atoms with E-state index in [4.69, 9.17) is 9.84 Å². The van der Waals surface area contributed by atoms with Crippen LogP contribution in [-0.2, 0) is 4.79 Å². The zero-order chi connectivity index (χ0) is 18.2. The highest BCUT2D eigenvalue weighted by molar-refractivity contribution is 5.75. The Labute approximate surface area is 146 Å². The van der Waals surface area contributed by atoms with Crippen molar-refractivity contribution in [3.05, 3.63) is 54.4 Å². The van der Waals surface area contributed by atoms with Gasteiger partial charge in [-0.15, -0.1) is 0 Å². The highest BCUT2D eigenvalue weighted by Crippen LogP contribution is 2.22. The molecule has 7 nitrogen and oxygen atoms in total. The van der Waals surface area contributed by atoms with Gasteiger partial charge in [0.05, 0.1) is 18.7 Å². The maximum absolute atomic E-state index is 12.0. The van der Waals surface area contributed by atoms with Gasteiger partial charge in [0.25, 0.3) is 0 Å². The summed E-state index contributed by atoms with van der Waals surface area (Å²) >= 11 is 0. The number of nitrogens with one attached hydrogen (secondary N) is 1. The third kappa shape index (κ3) is 5.80. The van der Waals surface area contributed by atoms with E-state index >= 15 is 0 Å². The van der Waals surface area contributed by atoms with Crippen molar-refractivity contribution in [2.24, 2.45) is 0 Å². The molecule has 0 saturated heterocycles. The normalized spacial score (nSPS) is 11.4. The minimum Gasteiger partial charge on any atom is -0.481 e. The summed E-state index contributed by atoms with van der Waals surface area (Å²) in [4.78, 5) is 27.9. The molecule has 2 N–H and O–H groups in total. The lowest BCUT2D eigenvalue weighted by atomic mass is 10.1. The Bertz CT molecular complexity index is 704. The first kappa shape index (κ1) is 18.3. The summed E-state index contributed by atoms with van der Waals surface area (Å²) in [6.45, 7) is 2.02. The third-order valence-electron chi connectivity index (χ3n) is 3.60. The molecule has 2 amide bonds. The smallest absolute Gasteiger partial charge is 0.317 e. The number of nitrogens with zero attached hydrogens (tertiary/aromatic N) is 2. The number of aromatic nitrogens is 1. The van der Waals surface area contributed by atoms with E-state index in [1.54, 1.807) is 25.5 Å². The van der Waals surface area contributed by atoms with Gasteiger partial charge < -0.3 is 20.1 Å². The monoisotopic (exact) mass is 343 g/mol. The van der Waals surface area contributed by atoms with Gasteiger partial charge in [-0.05, 0) is 36.8 Å². The van der Waals surface area contributed by atoms with Crippen molar-refractivity contribution >= 4 is 12.0 Å². The molecule has 132 valence electrons. The second-order valence-corrected chi connectivity index (χ2v) is 5.60. The lowest BCUT2D eigenvalue weighted by molar-refractivity contribution is -0.137. The van der Waals surface area contributed by atoms with E-state index in [-0.39, 0.29) is 25.0 Å². The number of amides is 2. The van der Waals surface area contributed by atoms with Gasteiger partial charge in [0.1, 0.15) is 11.5 Å². The zero-order valence-corrected chi connectivity index (χ0v) is 14.2. The number of carbonyl (C=O) groups excluding carboxylic acids is 1. The molecule has 2 rings (SSSR count). The van der Waals surface area contributed by atoms with Crippen LogP contribution < -0.4 is 10.1 Å². The number of aliphatic carboxylic acids is 1. The molecule has 0 saturated carbocycles. The SMILES string of the molecule is CC(NC(=O)N(C)CCC(=O)O)c1ccc(Oc2cccnc2)cc1. The molecule has 1 aromatic carbocycles. The summed E-state index contributed by atoms with van der Waals surface area (Å²) in [5.74, 6) is 0.391. The van der Waals surface area contributed by atoms with Crippen LogP contribution in [0.2, 0.25) is 0 Å². The van der Waals surface area contributed by atoms with Gasteiger partial charge in [-0.2, -0.15) is 0 Å². The second kappa shape index (κ2) is 8.68. The number of carboxylic acid groups (broad SMARTS) is 1. The van der Waals surface area contributed by atoms with Crippen LogP contribution >= 0.6 is 0 Å². The van der Waals surface area contributed by atoms with Gasteiger partial charge in [0, 0.05) is 19.8 Å². The number of hydrogen-bond donors (Lipinski definition) is 2. The number of carbonyl (C=O) groups is 2. The largest absolute Gasteiger partial charge is 0.481 e. The molecule has 25 heavy (non-hydrogen) atoms. The van der Waals surface area contributed by atoms with Gasteiger partial charge >= 0.3 is 12.0 Å². The Balaban J connectivity index is 1.90. The van der Waals surface area contributed by atoms with Crippen LogP contribution in [0.4, 0.5) is 4.79 Å². The van der Waals surface area contributed by atoms with Gasteiger partial charge in [0.15, 0.2) is 0 Å². The predicted octanol–water partition coefficient (Wildman–Crippen LogP) is 3.05. The molecule has 0 aliphatic carbocycles. The summed E-state index contributed by atoms with van der Waals surface area (Å²) < 4.78 is 5.67. The van der Waals surface area contributed by atoms with Crippen LogP contribution in [0.3, 0.4) is 0 Å². The third-order valence-corrected chi connectivity index (χ3v) is 3.60. The fourth-order valence-corrected chi connectivity index (χ4v) is 2.11. The van der Waals surface area contributed by atoms with Crippen LogP contribution in [-0.4, -0.2) is 40.6 Å². The van der Waals surface area contributed by atoms with Gasteiger partial charge in [-0.25, -0.2) is 4.79 Å². The fourth-order valence-electron chi connectivity index (χ4n) is 2.11. The predicted molar refractivity (Wildman–Crippen MR) is 92.6 cm³/mol. The molecule has 7 heteroatoms. The molecular formula is C18H21N3O4. The van der Waals surface area contributed by atoms with Gasteiger partial charge in [-0.3, -0.25) is 9.78 Å². The molecule has 0 aliphatic heterocycles. The van der Waals surface area contributed by atoms with Crippen molar-refractivity contribution in [3.63, 3.8) is 0 Å². The van der Waals surface area contributed by atoms with E-state index in [1.165, 1.54) is 4.90 Å². The molecule has 0 fully saturated rings. The maximum atomic E-state index is 12.0. The van der Waals surface area contributed by atoms with E-state index in [1.807, 2.05) is 37.3 Å². The van der Waals surface area contributed by atoms with Crippen LogP contribution in [0.1, 0.15) is 24.9 Å². The molecule has 2 aromatic rings. The Morgan fingerprint density at radius 3 is 2.56 bits per heavy atom. The van der Waals surface area contributed by atoms with E-state index < -0.39 is 5.97 Å². The van der Waals surface area contributed by atoms with E-state index in [2.05, 4.69) is 10.3 Å². The molecular weight excluding hydrogens is 322 g/mol. The lowest BCUT2D eigenvalue weighted by Gasteiger charge is -2.21. The van der Waals surface area contributed by atoms with Crippen molar-refractivity contribution < 1.29 is 19.4 Å². The summed E-state index contributed by atoms with van der Waals surface area (Å²) in [5, 5.41) is 11.5. The zero-order valence-electron chi connectivity index (χ0n) is 14.2. The number of rotatable bonds is 7. The van der Waals surface area contributed by atoms with Gasteiger partial charge in [-0.1, -0.05) is 12.1 Å². The van der Waals surface area contributed by atoms with Crippen molar-refractivity contribution in [2.45, 2.75) is 19.4 Å². The summed E-state index contributed by atoms with van der Waals surface area (Å²) in [5.41, 5.74) is 0.915. The Morgan fingerprint density at radius 1 is 1.24 bits per heavy atom. The lowest BCUT2D eigenvalue weighted by Crippen LogP contribution is -2.39. The topological polar surface area (TPSA) is 91.8 Å².